The summed E-state index contributed by atoms with van der Waals surface area (Å²) in [5, 5.41) is 10.0. The van der Waals surface area contributed by atoms with Crippen molar-refractivity contribution in [3.63, 3.8) is 0 Å². The second-order valence-electron chi connectivity index (χ2n) is 2.84. The monoisotopic (exact) mass is 143 g/mol. The van der Waals surface area contributed by atoms with Crippen molar-refractivity contribution >= 4 is 0 Å². The van der Waals surface area contributed by atoms with Crippen molar-refractivity contribution in [1.29, 1.82) is 0 Å². The summed E-state index contributed by atoms with van der Waals surface area (Å²) in [7, 11) is 2.00. The molecule has 0 spiro atoms. The van der Waals surface area contributed by atoms with Gasteiger partial charge in [-0.2, -0.15) is 0 Å². The third-order valence-corrected chi connectivity index (χ3v) is 2.13. The predicted octanol–water partition coefficient (Wildman–Crippen LogP) is -0.844. The van der Waals surface area contributed by atoms with Crippen LogP contribution in [0.4, 0.5) is 0 Å². The highest BCUT2D eigenvalue weighted by Gasteiger charge is 2.16. The quantitative estimate of drug-likeness (QED) is 0.471. The Labute approximate surface area is 62.6 Å². The van der Waals surface area contributed by atoms with Crippen molar-refractivity contribution in [1.82, 2.24) is 16.0 Å². The molecule has 0 aromatic rings. The third-order valence-electron chi connectivity index (χ3n) is 2.13. The SMILES string of the molecule is CNC(C)C1CNCCN1. The molecule has 3 heteroatoms. The van der Waals surface area contributed by atoms with E-state index in [0.29, 0.717) is 12.1 Å². The Morgan fingerprint density at radius 2 is 2.30 bits per heavy atom. The van der Waals surface area contributed by atoms with Gasteiger partial charge in [-0.1, -0.05) is 0 Å². The van der Waals surface area contributed by atoms with Gasteiger partial charge in [0.25, 0.3) is 0 Å². The van der Waals surface area contributed by atoms with E-state index in [2.05, 4.69) is 22.9 Å². The fourth-order valence-electron chi connectivity index (χ4n) is 1.23. The van der Waals surface area contributed by atoms with Crippen LogP contribution >= 0.6 is 0 Å². The summed E-state index contributed by atoms with van der Waals surface area (Å²) >= 11 is 0. The fourth-order valence-corrected chi connectivity index (χ4v) is 1.23. The maximum atomic E-state index is 3.44. The molecule has 1 rings (SSSR count). The summed E-state index contributed by atoms with van der Waals surface area (Å²) < 4.78 is 0. The Balaban J connectivity index is 2.24. The summed E-state index contributed by atoms with van der Waals surface area (Å²) in [5.74, 6) is 0. The molecule has 3 nitrogen and oxygen atoms in total. The lowest BCUT2D eigenvalue weighted by atomic mass is 10.1. The average Bonchev–Trinajstić information content (AvgIpc) is 2.05. The minimum Gasteiger partial charge on any atom is -0.316 e. The Morgan fingerprint density at radius 1 is 1.50 bits per heavy atom. The second kappa shape index (κ2) is 3.91. The molecule has 10 heavy (non-hydrogen) atoms. The Hall–Kier alpha value is -0.120. The molecule has 0 aliphatic carbocycles. The Kier molecular flexibility index (Phi) is 3.12. The molecule has 1 aliphatic heterocycles. The maximum Gasteiger partial charge on any atom is 0.0344 e. The van der Waals surface area contributed by atoms with Crippen LogP contribution in [-0.4, -0.2) is 38.8 Å². The smallest absolute Gasteiger partial charge is 0.0344 e. The summed E-state index contributed by atoms with van der Waals surface area (Å²) in [5.41, 5.74) is 0. The molecule has 1 fully saturated rings. The second-order valence-corrected chi connectivity index (χ2v) is 2.84. The molecular formula is C7H17N3. The first-order valence-electron chi connectivity index (χ1n) is 3.96. The molecule has 0 radical (unpaired) electrons. The fraction of sp³-hybridized carbons (Fsp3) is 1.00. The molecule has 3 N–H and O–H groups in total. The van der Waals surface area contributed by atoms with Gasteiger partial charge in [-0.3, -0.25) is 0 Å². The molecular weight excluding hydrogens is 126 g/mol. The van der Waals surface area contributed by atoms with Gasteiger partial charge >= 0.3 is 0 Å². The van der Waals surface area contributed by atoms with E-state index in [1.54, 1.807) is 0 Å². The van der Waals surface area contributed by atoms with Crippen LogP contribution in [0.5, 0.6) is 0 Å². The van der Waals surface area contributed by atoms with E-state index in [-0.39, 0.29) is 0 Å². The molecule has 2 atom stereocenters. The van der Waals surface area contributed by atoms with Crippen LogP contribution in [-0.2, 0) is 0 Å². The van der Waals surface area contributed by atoms with E-state index >= 15 is 0 Å². The maximum absolute atomic E-state index is 3.44. The first-order valence-corrected chi connectivity index (χ1v) is 3.96. The predicted molar refractivity (Wildman–Crippen MR) is 43.2 cm³/mol. The van der Waals surface area contributed by atoms with Crippen molar-refractivity contribution in [3.8, 4) is 0 Å². The normalized spacial score (nSPS) is 30.0. The Bertz CT molecular complexity index is 88.9. The van der Waals surface area contributed by atoms with Gasteiger partial charge in [-0.05, 0) is 14.0 Å². The minimum absolute atomic E-state index is 0.563. The number of nitrogens with one attached hydrogen (secondary N) is 3. The minimum atomic E-state index is 0.563. The van der Waals surface area contributed by atoms with Gasteiger partial charge < -0.3 is 16.0 Å². The molecule has 60 valence electrons. The van der Waals surface area contributed by atoms with Crippen LogP contribution in [0.15, 0.2) is 0 Å². The summed E-state index contributed by atoms with van der Waals surface area (Å²) in [6.07, 6.45) is 0. The summed E-state index contributed by atoms with van der Waals surface area (Å²) in [4.78, 5) is 0. The molecule has 0 saturated carbocycles. The van der Waals surface area contributed by atoms with Crippen molar-refractivity contribution < 1.29 is 0 Å². The van der Waals surface area contributed by atoms with Crippen LogP contribution in [0.1, 0.15) is 6.92 Å². The van der Waals surface area contributed by atoms with E-state index in [9.17, 15) is 0 Å². The van der Waals surface area contributed by atoms with Crippen LogP contribution < -0.4 is 16.0 Å². The topological polar surface area (TPSA) is 36.1 Å². The van der Waals surface area contributed by atoms with Crippen LogP contribution in [0.25, 0.3) is 0 Å². The standard InChI is InChI=1S/C7H17N3/c1-6(8-2)7-5-9-3-4-10-7/h6-10H,3-5H2,1-2H3. The molecule has 0 aromatic heterocycles. The van der Waals surface area contributed by atoms with E-state index in [1.165, 1.54) is 0 Å². The number of hydrogen-bond donors (Lipinski definition) is 3. The number of likely N-dealkylation sites (N-methyl/N-ethyl adjacent to an activating group) is 1. The average molecular weight is 143 g/mol. The van der Waals surface area contributed by atoms with Gasteiger partial charge in [0.2, 0.25) is 0 Å². The zero-order chi connectivity index (χ0) is 7.40. The lowest BCUT2D eigenvalue weighted by molar-refractivity contribution is 0.351. The first-order chi connectivity index (χ1) is 4.84. The van der Waals surface area contributed by atoms with E-state index in [0.717, 1.165) is 19.6 Å². The Morgan fingerprint density at radius 3 is 2.80 bits per heavy atom. The highest BCUT2D eigenvalue weighted by Crippen LogP contribution is 1.92. The molecule has 1 saturated heterocycles. The zero-order valence-corrected chi connectivity index (χ0v) is 6.78. The zero-order valence-electron chi connectivity index (χ0n) is 6.78. The van der Waals surface area contributed by atoms with Gasteiger partial charge in [0.1, 0.15) is 0 Å². The summed E-state index contributed by atoms with van der Waals surface area (Å²) in [6, 6.07) is 1.16. The van der Waals surface area contributed by atoms with Crippen LogP contribution in [0.3, 0.4) is 0 Å². The van der Waals surface area contributed by atoms with Gasteiger partial charge in [-0.25, -0.2) is 0 Å². The molecule has 2 unspecified atom stereocenters. The van der Waals surface area contributed by atoms with Crippen molar-refractivity contribution in [3.05, 3.63) is 0 Å². The number of piperazine rings is 1. The molecule has 0 bridgehead atoms. The van der Waals surface area contributed by atoms with Gasteiger partial charge in [0, 0.05) is 31.7 Å². The van der Waals surface area contributed by atoms with Gasteiger partial charge in [0.05, 0.1) is 0 Å². The molecule has 1 heterocycles. The van der Waals surface area contributed by atoms with Gasteiger partial charge in [-0.15, -0.1) is 0 Å². The number of hydrogen-bond acceptors (Lipinski definition) is 3. The van der Waals surface area contributed by atoms with E-state index < -0.39 is 0 Å². The van der Waals surface area contributed by atoms with Crippen molar-refractivity contribution in [2.45, 2.75) is 19.0 Å². The molecule has 0 aromatic carbocycles. The lowest BCUT2D eigenvalue weighted by Gasteiger charge is -2.29. The highest BCUT2D eigenvalue weighted by atomic mass is 15.1. The van der Waals surface area contributed by atoms with Crippen molar-refractivity contribution in [2.24, 2.45) is 0 Å². The lowest BCUT2D eigenvalue weighted by Crippen LogP contribution is -2.56. The number of rotatable bonds is 2. The highest BCUT2D eigenvalue weighted by molar-refractivity contribution is 4.83. The summed E-state index contributed by atoms with van der Waals surface area (Å²) in [6.45, 7) is 5.48. The van der Waals surface area contributed by atoms with Crippen molar-refractivity contribution in [2.75, 3.05) is 26.7 Å². The first kappa shape index (κ1) is 7.98. The van der Waals surface area contributed by atoms with E-state index in [1.807, 2.05) is 7.05 Å². The van der Waals surface area contributed by atoms with Crippen LogP contribution in [0, 0.1) is 0 Å². The molecule has 1 aliphatic rings. The third kappa shape index (κ3) is 1.94. The van der Waals surface area contributed by atoms with Gasteiger partial charge in [0.15, 0.2) is 0 Å². The largest absolute Gasteiger partial charge is 0.316 e. The van der Waals surface area contributed by atoms with Crippen LogP contribution in [0.2, 0.25) is 0 Å². The molecule has 0 amide bonds. The van der Waals surface area contributed by atoms with E-state index in [4.69, 9.17) is 0 Å².